The molecule has 0 amide bonds. The summed E-state index contributed by atoms with van der Waals surface area (Å²) in [4.78, 5) is 0. The van der Waals surface area contributed by atoms with Crippen molar-refractivity contribution in [1.82, 2.24) is 10.6 Å². The van der Waals surface area contributed by atoms with Crippen LogP contribution in [0.2, 0.25) is 0 Å². The summed E-state index contributed by atoms with van der Waals surface area (Å²) in [5.74, 6) is 0. The third kappa shape index (κ3) is 1.79. The molecule has 0 spiro atoms. The maximum absolute atomic E-state index is 3.75. The van der Waals surface area contributed by atoms with E-state index in [2.05, 4.69) is 23.8 Å². The fraction of sp³-hybridized carbons (Fsp3) is 0.167. The highest BCUT2D eigenvalue weighted by Crippen LogP contribution is 2.17. The zero-order valence-electron chi connectivity index (χ0n) is 8.72. The molecule has 0 unspecified atom stereocenters. The predicted octanol–water partition coefficient (Wildman–Crippen LogP) is 2.57. The molecule has 0 saturated carbocycles. The number of hydrogen-bond acceptors (Lipinski definition) is 2. The van der Waals surface area contributed by atoms with Crippen LogP contribution in [0, 0.1) is 0 Å². The smallest absolute Gasteiger partial charge is 0.0617 e. The number of rotatable bonds is 2. The Morgan fingerprint density at radius 3 is 1.43 bits per heavy atom. The molecule has 0 saturated heterocycles. The third-order valence-electron chi connectivity index (χ3n) is 2.10. The summed E-state index contributed by atoms with van der Waals surface area (Å²) in [6.07, 6.45) is 7.59. The van der Waals surface area contributed by atoms with Crippen LogP contribution in [0.5, 0.6) is 0 Å². The van der Waals surface area contributed by atoms with E-state index in [1.807, 2.05) is 26.0 Å². The van der Waals surface area contributed by atoms with E-state index in [-0.39, 0.29) is 0 Å². The highest BCUT2D eigenvalue weighted by Gasteiger charge is 2.13. The Hall–Kier alpha value is -1.70. The van der Waals surface area contributed by atoms with Crippen molar-refractivity contribution in [2.75, 3.05) is 0 Å². The van der Waals surface area contributed by atoms with E-state index >= 15 is 0 Å². The van der Waals surface area contributed by atoms with Gasteiger partial charge in [-0.15, -0.1) is 0 Å². The van der Waals surface area contributed by atoms with Crippen molar-refractivity contribution in [1.29, 1.82) is 0 Å². The first-order chi connectivity index (χ1) is 6.76. The van der Waals surface area contributed by atoms with E-state index in [4.69, 9.17) is 0 Å². The van der Waals surface area contributed by atoms with Crippen molar-refractivity contribution in [3.8, 4) is 0 Å². The van der Waals surface area contributed by atoms with Crippen molar-refractivity contribution in [2.24, 2.45) is 0 Å². The molecule has 0 aromatic carbocycles. The molecule has 0 atom stereocenters. The largest absolute Gasteiger partial charge is 0.352 e. The minimum Gasteiger partial charge on any atom is -0.352 e. The van der Waals surface area contributed by atoms with Gasteiger partial charge in [0.1, 0.15) is 0 Å². The quantitative estimate of drug-likeness (QED) is 0.696. The summed E-state index contributed by atoms with van der Waals surface area (Å²) in [6, 6.07) is 0. The molecule has 1 heterocycles. The lowest BCUT2D eigenvalue weighted by Crippen LogP contribution is -2.30. The molecule has 0 fully saturated rings. The molecule has 0 bridgehead atoms. The van der Waals surface area contributed by atoms with Gasteiger partial charge in [-0.1, -0.05) is 25.3 Å². The molecule has 2 heteroatoms. The SMILES string of the molecule is C=CC1=C(C=C)NC(=C/C)/C(=C\C)N1. The molecule has 2 N–H and O–H groups in total. The summed E-state index contributed by atoms with van der Waals surface area (Å²) in [5.41, 5.74) is 4.04. The van der Waals surface area contributed by atoms with Crippen molar-refractivity contribution in [3.63, 3.8) is 0 Å². The van der Waals surface area contributed by atoms with E-state index in [1.54, 1.807) is 12.2 Å². The summed E-state index contributed by atoms with van der Waals surface area (Å²) >= 11 is 0. The van der Waals surface area contributed by atoms with Crippen molar-refractivity contribution >= 4 is 0 Å². The molecule has 1 aliphatic heterocycles. The highest BCUT2D eigenvalue weighted by molar-refractivity contribution is 5.44. The molecule has 74 valence electrons. The van der Waals surface area contributed by atoms with Gasteiger partial charge in [-0.2, -0.15) is 0 Å². The minimum atomic E-state index is 0.957. The zero-order valence-corrected chi connectivity index (χ0v) is 8.72. The molecular weight excluding hydrogens is 172 g/mol. The van der Waals surface area contributed by atoms with Gasteiger partial charge >= 0.3 is 0 Å². The lowest BCUT2D eigenvalue weighted by atomic mass is 10.1. The van der Waals surface area contributed by atoms with E-state index in [1.165, 1.54) is 0 Å². The first-order valence-corrected chi connectivity index (χ1v) is 4.63. The number of hydrogen-bond donors (Lipinski definition) is 2. The fourth-order valence-corrected chi connectivity index (χ4v) is 1.34. The van der Waals surface area contributed by atoms with E-state index < -0.39 is 0 Å². The van der Waals surface area contributed by atoms with Crippen LogP contribution in [0.3, 0.4) is 0 Å². The lowest BCUT2D eigenvalue weighted by molar-refractivity contribution is 0.839. The van der Waals surface area contributed by atoms with Gasteiger partial charge in [0.25, 0.3) is 0 Å². The molecular formula is C12H16N2. The second-order valence-electron chi connectivity index (χ2n) is 2.89. The molecule has 0 aromatic heterocycles. The van der Waals surface area contributed by atoms with Gasteiger partial charge in [-0.05, 0) is 26.0 Å². The van der Waals surface area contributed by atoms with Gasteiger partial charge in [-0.25, -0.2) is 0 Å². The van der Waals surface area contributed by atoms with Gasteiger partial charge in [0.15, 0.2) is 0 Å². The van der Waals surface area contributed by atoms with Gasteiger partial charge < -0.3 is 10.6 Å². The predicted molar refractivity (Wildman–Crippen MR) is 61.2 cm³/mol. The second kappa shape index (κ2) is 4.51. The molecule has 0 aromatic rings. The van der Waals surface area contributed by atoms with E-state index in [0.717, 1.165) is 22.8 Å². The average molecular weight is 188 g/mol. The van der Waals surface area contributed by atoms with Gasteiger partial charge in [0.05, 0.1) is 22.8 Å². The Morgan fingerprint density at radius 1 is 0.857 bits per heavy atom. The monoisotopic (exact) mass is 188 g/mol. The number of nitrogens with one attached hydrogen (secondary N) is 2. The van der Waals surface area contributed by atoms with Crippen molar-refractivity contribution < 1.29 is 0 Å². The number of allylic oxidation sites excluding steroid dienone is 4. The summed E-state index contributed by atoms with van der Waals surface area (Å²) in [7, 11) is 0. The van der Waals surface area contributed by atoms with Crippen LogP contribution < -0.4 is 10.6 Å². The molecule has 2 nitrogen and oxygen atoms in total. The van der Waals surface area contributed by atoms with Crippen LogP contribution in [0.25, 0.3) is 0 Å². The second-order valence-corrected chi connectivity index (χ2v) is 2.89. The maximum Gasteiger partial charge on any atom is 0.0617 e. The summed E-state index contributed by atoms with van der Waals surface area (Å²) in [5, 5.41) is 6.55. The first-order valence-electron chi connectivity index (χ1n) is 4.63. The molecule has 0 aliphatic carbocycles. The van der Waals surface area contributed by atoms with E-state index in [9.17, 15) is 0 Å². The van der Waals surface area contributed by atoms with Crippen LogP contribution in [-0.4, -0.2) is 0 Å². The Labute approximate surface area is 85.4 Å². The molecule has 1 aliphatic rings. The zero-order chi connectivity index (χ0) is 10.6. The van der Waals surface area contributed by atoms with Crippen molar-refractivity contribution in [3.05, 3.63) is 60.3 Å². The lowest BCUT2D eigenvalue weighted by Gasteiger charge is -2.25. The minimum absolute atomic E-state index is 0.957. The maximum atomic E-state index is 3.75. The summed E-state index contributed by atoms with van der Waals surface area (Å²) < 4.78 is 0. The Balaban J connectivity index is 3.14. The Kier molecular flexibility index (Phi) is 3.35. The average Bonchev–Trinajstić information content (AvgIpc) is 2.26. The van der Waals surface area contributed by atoms with E-state index in [0.29, 0.717) is 0 Å². The van der Waals surface area contributed by atoms with Crippen LogP contribution in [0.4, 0.5) is 0 Å². The molecule has 1 rings (SSSR count). The van der Waals surface area contributed by atoms with Crippen molar-refractivity contribution in [2.45, 2.75) is 13.8 Å². The van der Waals surface area contributed by atoms with Crippen LogP contribution in [-0.2, 0) is 0 Å². The Bertz CT molecular complexity index is 309. The summed E-state index contributed by atoms with van der Waals surface area (Å²) in [6.45, 7) is 11.5. The third-order valence-corrected chi connectivity index (χ3v) is 2.10. The standard InChI is InChI=1S/C12H16N2/c1-5-9-10(6-2)14-12(8-4)11(7-3)13-9/h5-8,13-14H,1-2H2,3-4H3/b11-7+,12-8+. The first kappa shape index (κ1) is 10.4. The fourth-order valence-electron chi connectivity index (χ4n) is 1.34. The van der Waals surface area contributed by atoms with Gasteiger partial charge in [0, 0.05) is 0 Å². The topological polar surface area (TPSA) is 24.1 Å². The van der Waals surface area contributed by atoms with Crippen LogP contribution in [0.1, 0.15) is 13.8 Å². The molecule has 0 radical (unpaired) electrons. The van der Waals surface area contributed by atoms with Crippen LogP contribution in [0.15, 0.2) is 60.3 Å². The molecule has 14 heavy (non-hydrogen) atoms. The van der Waals surface area contributed by atoms with Gasteiger partial charge in [-0.3, -0.25) is 0 Å². The van der Waals surface area contributed by atoms with Gasteiger partial charge in [0.2, 0.25) is 0 Å². The highest BCUT2D eigenvalue weighted by atomic mass is 15.1. The normalized spacial score (nSPS) is 21.9. The van der Waals surface area contributed by atoms with Crippen LogP contribution >= 0.6 is 0 Å². The Morgan fingerprint density at radius 2 is 1.21 bits per heavy atom.